The van der Waals surface area contributed by atoms with Crippen LogP contribution in [0.5, 0.6) is 0 Å². The number of carbonyl (C=O) groups excluding carboxylic acids is 2. The molecule has 0 fully saturated rings. The number of rotatable bonds is 0. The molecule has 0 aromatic heterocycles. The van der Waals surface area contributed by atoms with Gasteiger partial charge in [0.25, 0.3) is 0 Å². The minimum atomic E-state index is 0. The van der Waals surface area contributed by atoms with Crippen LogP contribution in [-0.2, 0) is 9.59 Å². The minimum Gasteiger partial charge on any atom is -0.724 e. The fourth-order valence-electron chi connectivity index (χ4n) is 0. The first kappa shape index (κ1) is 15.6. The number of isocyanates is 2. The van der Waals surface area contributed by atoms with Crippen molar-refractivity contribution in [2.45, 2.75) is 0 Å². The zero-order valence-corrected chi connectivity index (χ0v) is 8.63. The predicted octanol–water partition coefficient (Wildman–Crippen LogP) is -3.21. The molecule has 0 aromatic carbocycles. The van der Waals surface area contributed by atoms with Crippen molar-refractivity contribution in [3.8, 4) is 0 Å². The third kappa shape index (κ3) is 428. The third-order valence-electron chi connectivity index (χ3n) is 0. The van der Waals surface area contributed by atoms with E-state index in [1.807, 2.05) is 0 Å². The van der Waals surface area contributed by atoms with Crippen LogP contribution in [0, 0.1) is 0 Å². The van der Waals surface area contributed by atoms with Crippen LogP contribution in [0.3, 0.4) is 0 Å². The Morgan fingerprint density at radius 1 is 1.00 bits per heavy atom. The molecule has 0 unspecified atom stereocenters. The van der Waals surface area contributed by atoms with E-state index in [1.165, 1.54) is 0 Å². The number of hydrogen-bond donors (Lipinski definition) is 0. The van der Waals surface area contributed by atoms with E-state index in [9.17, 15) is 0 Å². The van der Waals surface area contributed by atoms with Crippen molar-refractivity contribution in [3.63, 3.8) is 0 Å². The summed E-state index contributed by atoms with van der Waals surface area (Å²) in [7, 11) is 0. The van der Waals surface area contributed by atoms with Crippen LogP contribution in [-0.4, -0.2) is 12.2 Å². The topological polar surface area (TPSA) is 78.7 Å². The Morgan fingerprint density at radius 3 is 1.00 bits per heavy atom. The Balaban J connectivity index is -0.0000000400. The second-order valence-electron chi connectivity index (χ2n) is 0.183. The second-order valence-corrected chi connectivity index (χ2v) is 0.183. The maximum atomic E-state index is 8.24. The van der Waals surface area contributed by atoms with Gasteiger partial charge in [-0.2, -0.15) is 0 Å². The van der Waals surface area contributed by atoms with Crippen molar-refractivity contribution in [2.75, 3.05) is 0 Å². The summed E-state index contributed by atoms with van der Waals surface area (Å²) in [6.07, 6.45) is 1.00. The molecule has 0 atom stereocenters. The van der Waals surface area contributed by atoms with E-state index in [2.05, 4.69) is 0 Å². The molecule has 32 valence electrons. The second kappa shape index (κ2) is 30.9. The van der Waals surface area contributed by atoms with Crippen molar-refractivity contribution in [1.29, 1.82) is 0 Å². The summed E-state index contributed by atoms with van der Waals surface area (Å²) >= 11 is 0. The first-order valence-electron chi connectivity index (χ1n) is 0.855. The molecule has 0 saturated carbocycles. The van der Waals surface area contributed by atoms with Crippen molar-refractivity contribution in [3.05, 3.63) is 10.8 Å². The van der Waals surface area contributed by atoms with Crippen LogP contribution < -0.4 is 58.2 Å². The van der Waals surface area contributed by atoms with Gasteiger partial charge in [-0.05, 0) is 12.2 Å². The molecule has 0 spiro atoms. The Bertz CT molecular complexity index is 67.7. The molecule has 0 N–H and O–H groups in total. The van der Waals surface area contributed by atoms with Crippen LogP contribution in [0.25, 0.3) is 10.8 Å². The van der Waals surface area contributed by atoms with E-state index in [0.29, 0.717) is 12.2 Å². The van der Waals surface area contributed by atoms with Gasteiger partial charge in [0, 0.05) is 0 Å². The van der Waals surface area contributed by atoms with E-state index >= 15 is 0 Å². The molecular weight excluding hydrogens is 170 g/mol. The summed E-state index contributed by atoms with van der Waals surface area (Å²) in [5.41, 5.74) is 0. The molecule has 0 aromatic rings. The molecule has 0 saturated heterocycles. The summed E-state index contributed by atoms with van der Waals surface area (Å²) in [6, 6.07) is 0. The van der Waals surface area contributed by atoms with Crippen molar-refractivity contribution >= 4 is 12.2 Å². The molecule has 0 rings (SSSR count). The summed E-state index contributed by atoms with van der Waals surface area (Å²) in [6.45, 7) is 0. The summed E-state index contributed by atoms with van der Waals surface area (Å²) in [4.78, 5) is 16.5. The maximum absolute atomic E-state index is 8.24. The summed E-state index contributed by atoms with van der Waals surface area (Å²) < 4.78 is 0. The van der Waals surface area contributed by atoms with Crippen molar-refractivity contribution in [1.82, 2.24) is 0 Å². The average molecular weight is 170 g/mol. The van der Waals surface area contributed by atoms with Crippen molar-refractivity contribution in [2.24, 2.45) is 0 Å². The standard InChI is InChI=1S/2CNO.Rb/c2*2-1-3;/q2*-1;+1. The van der Waals surface area contributed by atoms with Gasteiger partial charge in [0.15, 0.2) is 0 Å². The fraction of sp³-hybridized carbons (Fsp3) is 0. The Hall–Kier alpha value is 0.565. The smallest absolute Gasteiger partial charge is 0.724 e. The molecule has 0 amide bonds. The number of hydrogen-bond acceptors (Lipinski definition) is 2. The fourth-order valence-corrected chi connectivity index (χ4v) is 0. The molecule has 0 aliphatic rings. The summed E-state index contributed by atoms with van der Waals surface area (Å²) in [5.74, 6) is 0. The van der Waals surface area contributed by atoms with Crippen LogP contribution in [0.2, 0.25) is 0 Å². The van der Waals surface area contributed by atoms with Gasteiger partial charge < -0.3 is 10.8 Å². The van der Waals surface area contributed by atoms with Gasteiger partial charge in [-0.1, -0.05) is 0 Å². The predicted molar refractivity (Wildman–Crippen MR) is 18.1 cm³/mol. The first-order chi connectivity index (χ1) is 2.83. The first-order valence-corrected chi connectivity index (χ1v) is 0.855. The quantitative estimate of drug-likeness (QED) is 0.283. The van der Waals surface area contributed by atoms with Gasteiger partial charge in [-0.25, -0.2) is 0 Å². The molecular formula is C2N2O2Rb-. The minimum absolute atomic E-state index is 0. The molecule has 0 heterocycles. The SMILES string of the molecule is [N-]=C=O.[N-]=C=O.[Rb+]. The normalized spacial score (nSPS) is 2.29. The molecule has 7 heavy (non-hydrogen) atoms. The zero-order chi connectivity index (χ0) is 5.41. The molecule has 0 aliphatic carbocycles. The number of nitrogens with zero attached hydrogens (tertiary/aromatic N) is 2. The van der Waals surface area contributed by atoms with Gasteiger partial charge in [0.05, 0.1) is 0 Å². The molecule has 4 nitrogen and oxygen atoms in total. The van der Waals surface area contributed by atoms with Crippen LogP contribution in [0.1, 0.15) is 0 Å². The van der Waals surface area contributed by atoms with Gasteiger partial charge in [0.1, 0.15) is 0 Å². The third-order valence-corrected chi connectivity index (χ3v) is 0. The largest absolute Gasteiger partial charge is 1.00 e. The van der Waals surface area contributed by atoms with Crippen LogP contribution >= 0.6 is 0 Å². The van der Waals surface area contributed by atoms with Gasteiger partial charge in [-0.15, -0.1) is 0 Å². The molecule has 0 aliphatic heterocycles. The van der Waals surface area contributed by atoms with E-state index < -0.39 is 0 Å². The van der Waals surface area contributed by atoms with E-state index in [-0.39, 0.29) is 58.2 Å². The monoisotopic (exact) mass is 169 g/mol. The average Bonchev–Trinajstić information content (AvgIpc) is 1.39. The maximum Gasteiger partial charge on any atom is 1.00 e. The van der Waals surface area contributed by atoms with E-state index in [4.69, 9.17) is 20.4 Å². The van der Waals surface area contributed by atoms with E-state index in [1.54, 1.807) is 0 Å². The molecule has 5 heteroatoms. The summed E-state index contributed by atoms with van der Waals surface area (Å²) in [5, 5.41) is 13.5. The van der Waals surface area contributed by atoms with Crippen LogP contribution in [0.4, 0.5) is 0 Å². The van der Waals surface area contributed by atoms with Gasteiger partial charge in [-0.3, -0.25) is 9.59 Å². The molecule has 0 bridgehead atoms. The van der Waals surface area contributed by atoms with Gasteiger partial charge in [0.2, 0.25) is 0 Å². The Kier molecular flexibility index (Phi) is 69.1. The molecule has 0 radical (unpaired) electrons. The van der Waals surface area contributed by atoms with E-state index in [0.717, 1.165) is 0 Å². The van der Waals surface area contributed by atoms with Crippen LogP contribution in [0.15, 0.2) is 0 Å². The Morgan fingerprint density at radius 2 is 1.00 bits per heavy atom. The Labute approximate surface area is 89.1 Å². The zero-order valence-electron chi connectivity index (χ0n) is 3.71. The van der Waals surface area contributed by atoms with Gasteiger partial charge >= 0.3 is 58.2 Å². The van der Waals surface area contributed by atoms with Crippen molar-refractivity contribution < 1.29 is 67.8 Å².